The van der Waals surface area contributed by atoms with Crippen molar-refractivity contribution >= 4 is 6.29 Å². The number of alkyl halides is 3. The van der Waals surface area contributed by atoms with Gasteiger partial charge in [0.2, 0.25) is 0 Å². The van der Waals surface area contributed by atoms with Gasteiger partial charge < -0.3 is 4.74 Å². The van der Waals surface area contributed by atoms with E-state index in [0.29, 0.717) is 6.07 Å². The lowest BCUT2D eigenvalue weighted by Gasteiger charge is -2.08. The topological polar surface area (TPSA) is 26.3 Å². The van der Waals surface area contributed by atoms with Gasteiger partial charge in [0.05, 0.1) is 0 Å². The van der Waals surface area contributed by atoms with E-state index in [2.05, 4.69) is 4.74 Å². The fraction of sp³-hybridized carbons (Fsp3) is 0.125. The van der Waals surface area contributed by atoms with Crippen LogP contribution in [0.4, 0.5) is 17.6 Å². The van der Waals surface area contributed by atoms with Gasteiger partial charge in [-0.15, -0.1) is 13.2 Å². The van der Waals surface area contributed by atoms with Crippen LogP contribution in [-0.2, 0) is 0 Å². The van der Waals surface area contributed by atoms with Gasteiger partial charge in [0.25, 0.3) is 0 Å². The minimum atomic E-state index is -4.89. The predicted octanol–water partition coefficient (Wildman–Crippen LogP) is 2.54. The molecule has 0 atom stereocenters. The largest absolute Gasteiger partial charge is 0.573 e. The Bertz CT molecular complexity index is 346. The van der Waals surface area contributed by atoms with E-state index in [0.717, 1.165) is 12.1 Å². The van der Waals surface area contributed by atoms with Crippen molar-refractivity contribution in [3.63, 3.8) is 0 Å². The number of carbonyl (C=O) groups excluding carboxylic acids is 1. The van der Waals surface area contributed by atoms with Gasteiger partial charge in [-0.25, -0.2) is 4.39 Å². The molecule has 1 aromatic carbocycles. The van der Waals surface area contributed by atoms with Gasteiger partial charge in [0.15, 0.2) is 0 Å². The second kappa shape index (κ2) is 3.65. The van der Waals surface area contributed by atoms with E-state index in [1.165, 1.54) is 0 Å². The summed E-state index contributed by atoms with van der Waals surface area (Å²) in [6.45, 7) is 0. The molecule has 0 bridgehead atoms. The van der Waals surface area contributed by atoms with Crippen molar-refractivity contribution in [3.05, 3.63) is 29.6 Å². The maximum absolute atomic E-state index is 12.6. The number of rotatable bonds is 2. The molecule has 0 saturated carbocycles. The van der Waals surface area contributed by atoms with Crippen molar-refractivity contribution in [2.45, 2.75) is 6.36 Å². The van der Waals surface area contributed by atoms with E-state index >= 15 is 0 Å². The molecule has 0 aromatic heterocycles. The zero-order valence-corrected chi connectivity index (χ0v) is 6.64. The number of aldehydes is 1. The number of ether oxygens (including phenoxy) is 1. The van der Waals surface area contributed by atoms with Crippen molar-refractivity contribution < 1.29 is 27.1 Å². The van der Waals surface area contributed by atoms with Crippen molar-refractivity contribution in [2.75, 3.05) is 0 Å². The smallest absolute Gasteiger partial charge is 0.406 e. The van der Waals surface area contributed by atoms with Gasteiger partial charge in [0.1, 0.15) is 17.9 Å². The van der Waals surface area contributed by atoms with E-state index in [-0.39, 0.29) is 11.8 Å². The molecule has 0 radical (unpaired) electrons. The molecule has 2 nitrogen and oxygen atoms in total. The first kappa shape index (κ1) is 10.5. The normalized spacial score (nSPS) is 11.1. The summed E-state index contributed by atoms with van der Waals surface area (Å²) in [7, 11) is 0. The Kier molecular flexibility index (Phi) is 2.73. The molecule has 0 unspecified atom stereocenters. The molecule has 0 saturated heterocycles. The molecule has 0 fully saturated rings. The second-order valence-corrected chi connectivity index (χ2v) is 2.39. The van der Waals surface area contributed by atoms with Gasteiger partial charge in [0, 0.05) is 11.6 Å². The van der Waals surface area contributed by atoms with Crippen LogP contribution in [0.15, 0.2) is 18.2 Å². The van der Waals surface area contributed by atoms with Gasteiger partial charge >= 0.3 is 6.36 Å². The maximum Gasteiger partial charge on any atom is 0.573 e. The van der Waals surface area contributed by atoms with Gasteiger partial charge in [-0.2, -0.15) is 0 Å². The van der Waals surface area contributed by atoms with Crippen LogP contribution in [0.3, 0.4) is 0 Å². The van der Waals surface area contributed by atoms with Crippen LogP contribution < -0.4 is 4.74 Å². The molecule has 0 aliphatic carbocycles. The fourth-order valence-corrected chi connectivity index (χ4v) is 0.845. The SMILES string of the molecule is O=Cc1cc(F)cc(OC(F)(F)F)c1. The Morgan fingerprint density at radius 2 is 1.86 bits per heavy atom. The Morgan fingerprint density at radius 1 is 1.21 bits per heavy atom. The molecule has 76 valence electrons. The third kappa shape index (κ3) is 3.04. The summed E-state index contributed by atoms with van der Waals surface area (Å²) in [6.07, 6.45) is -4.67. The number of hydrogen-bond donors (Lipinski definition) is 0. The number of halogens is 4. The molecule has 0 N–H and O–H groups in total. The third-order valence-corrected chi connectivity index (χ3v) is 1.26. The van der Waals surface area contributed by atoms with Crippen LogP contribution in [0, 0.1) is 5.82 Å². The van der Waals surface area contributed by atoms with E-state index in [1.807, 2.05) is 0 Å². The lowest BCUT2D eigenvalue weighted by Crippen LogP contribution is -2.17. The standard InChI is InChI=1S/C8H4F4O2/c9-6-1-5(4-13)2-7(3-6)14-8(10,11)12/h1-4H. The first-order valence-corrected chi connectivity index (χ1v) is 3.42. The van der Waals surface area contributed by atoms with E-state index in [9.17, 15) is 22.4 Å². The molecule has 0 aliphatic heterocycles. The molecule has 0 amide bonds. The third-order valence-electron chi connectivity index (χ3n) is 1.26. The highest BCUT2D eigenvalue weighted by Crippen LogP contribution is 2.24. The molecule has 1 aromatic rings. The van der Waals surface area contributed by atoms with Crippen molar-refractivity contribution in [2.24, 2.45) is 0 Å². The molecular formula is C8H4F4O2. The summed E-state index contributed by atoms with van der Waals surface area (Å²) in [4.78, 5) is 10.2. The summed E-state index contributed by atoms with van der Waals surface area (Å²) in [6, 6.07) is 2.14. The molecule has 0 spiro atoms. The van der Waals surface area contributed by atoms with Gasteiger partial charge in [-0.3, -0.25) is 4.79 Å². The minimum Gasteiger partial charge on any atom is -0.406 e. The molecule has 1 rings (SSSR count). The summed E-state index contributed by atoms with van der Waals surface area (Å²) in [5, 5.41) is 0. The van der Waals surface area contributed by atoms with Crippen molar-refractivity contribution in [1.82, 2.24) is 0 Å². The predicted molar refractivity (Wildman–Crippen MR) is 38.5 cm³/mol. The molecule has 0 heterocycles. The first-order chi connectivity index (χ1) is 6.40. The van der Waals surface area contributed by atoms with Gasteiger partial charge in [-0.05, 0) is 12.1 Å². The van der Waals surface area contributed by atoms with Crippen LogP contribution in [0.25, 0.3) is 0 Å². The lowest BCUT2D eigenvalue weighted by molar-refractivity contribution is -0.274. The Hall–Kier alpha value is -1.59. The highest BCUT2D eigenvalue weighted by Gasteiger charge is 2.31. The van der Waals surface area contributed by atoms with E-state index in [1.54, 1.807) is 0 Å². The Balaban J connectivity index is 2.98. The lowest BCUT2D eigenvalue weighted by atomic mass is 10.2. The monoisotopic (exact) mass is 208 g/mol. The van der Waals surface area contributed by atoms with Crippen LogP contribution in [0.5, 0.6) is 5.75 Å². The van der Waals surface area contributed by atoms with Crippen LogP contribution >= 0.6 is 0 Å². The molecular weight excluding hydrogens is 204 g/mol. The fourth-order valence-electron chi connectivity index (χ4n) is 0.845. The second-order valence-electron chi connectivity index (χ2n) is 2.39. The van der Waals surface area contributed by atoms with E-state index in [4.69, 9.17) is 0 Å². The highest BCUT2D eigenvalue weighted by molar-refractivity contribution is 5.75. The molecule has 0 aliphatic rings. The summed E-state index contributed by atoms with van der Waals surface area (Å²) >= 11 is 0. The van der Waals surface area contributed by atoms with E-state index < -0.39 is 17.9 Å². The quantitative estimate of drug-likeness (QED) is 0.551. The van der Waals surface area contributed by atoms with Crippen molar-refractivity contribution in [3.8, 4) is 5.75 Å². The highest BCUT2D eigenvalue weighted by atomic mass is 19.4. The number of benzene rings is 1. The number of carbonyl (C=O) groups is 1. The van der Waals surface area contributed by atoms with Gasteiger partial charge in [-0.1, -0.05) is 0 Å². The number of hydrogen-bond acceptors (Lipinski definition) is 2. The van der Waals surface area contributed by atoms with Crippen LogP contribution in [0.1, 0.15) is 10.4 Å². The minimum absolute atomic E-state index is 0.218. The van der Waals surface area contributed by atoms with Crippen LogP contribution in [0.2, 0.25) is 0 Å². The Labute approximate surface area is 76.1 Å². The molecule has 6 heteroatoms. The maximum atomic E-state index is 12.6. The zero-order chi connectivity index (χ0) is 10.8. The molecule has 14 heavy (non-hydrogen) atoms. The van der Waals surface area contributed by atoms with Crippen LogP contribution in [-0.4, -0.2) is 12.6 Å². The summed E-state index contributed by atoms with van der Waals surface area (Å²) in [5.41, 5.74) is -0.218. The first-order valence-electron chi connectivity index (χ1n) is 3.42. The van der Waals surface area contributed by atoms with Crippen molar-refractivity contribution in [1.29, 1.82) is 0 Å². The average molecular weight is 208 g/mol. The summed E-state index contributed by atoms with van der Waals surface area (Å²) in [5.74, 6) is -1.71. The average Bonchev–Trinajstić information content (AvgIpc) is 1.99. The summed E-state index contributed by atoms with van der Waals surface area (Å²) < 4.78 is 51.0. The Morgan fingerprint density at radius 3 is 2.36 bits per heavy atom. The zero-order valence-electron chi connectivity index (χ0n) is 6.64.